The summed E-state index contributed by atoms with van der Waals surface area (Å²) in [7, 11) is 0. The number of nitrogens with one attached hydrogen (secondary N) is 1. The van der Waals surface area contributed by atoms with Crippen molar-refractivity contribution in [1.82, 2.24) is 4.90 Å². The van der Waals surface area contributed by atoms with Crippen LogP contribution in [-0.4, -0.2) is 44.2 Å². The molecule has 0 unspecified atom stereocenters. The van der Waals surface area contributed by atoms with Crippen molar-refractivity contribution in [3.05, 3.63) is 85.9 Å². The number of hydrogen-bond acceptors (Lipinski definition) is 6. The van der Waals surface area contributed by atoms with Crippen LogP contribution in [0.1, 0.15) is 24.0 Å². The number of ether oxygens (including phenoxy) is 1. The second-order valence-corrected chi connectivity index (χ2v) is 9.27. The Morgan fingerprint density at radius 1 is 0.971 bits per heavy atom. The van der Waals surface area contributed by atoms with E-state index >= 15 is 0 Å². The standard InChI is InChI=1S/C27H30FN3O3/c28-22-7-5-19(6-8-22)17-34-18-20-9-13-30(14-10-20)16-12-29-24-25(27(33)26(24)32)31-15-11-21-3-1-2-4-23(21)31/h1-8,20,29H,9-18H2. The van der Waals surface area contributed by atoms with E-state index in [1.54, 1.807) is 12.1 Å². The summed E-state index contributed by atoms with van der Waals surface area (Å²) < 4.78 is 18.8. The molecule has 6 nitrogen and oxygen atoms in total. The summed E-state index contributed by atoms with van der Waals surface area (Å²) in [6, 6.07) is 14.5. The molecular weight excluding hydrogens is 433 g/mol. The van der Waals surface area contributed by atoms with Crippen LogP contribution in [0.3, 0.4) is 0 Å². The average Bonchev–Trinajstić information content (AvgIpc) is 3.28. The van der Waals surface area contributed by atoms with E-state index in [1.165, 1.54) is 17.7 Å². The lowest BCUT2D eigenvalue weighted by Crippen LogP contribution is -2.42. The van der Waals surface area contributed by atoms with Crippen LogP contribution < -0.4 is 21.1 Å². The van der Waals surface area contributed by atoms with Gasteiger partial charge in [-0.3, -0.25) is 9.59 Å². The number of benzene rings is 2. The quantitative estimate of drug-likeness (QED) is 0.491. The number of para-hydroxylation sites is 1. The molecular formula is C27H30FN3O3. The Morgan fingerprint density at radius 3 is 2.53 bits per heavy atom. The Hall–Kier alpha value is -3.03. The van der Waals surface area contributed by atoms with Crippen LogP contribution in [0, 0.1) is 11.7 Å². The lowest BCUT2D eigenvalue weighted by molar-refractivity contribution is 0.0584. The molecule has 2 heterocycles. The molecule has 2 aliphatic rings. The largest absolute Gasteiger partial charge is 0.379 e. The van der Waals surface area contributed by atoms with E-state index < -0.39 is 5.43 Å². The van der Waals surface area contributed by atoms with Crippen molar-refractivity contribution >= 4 is 17.1 Å². The molecule has 3 aromatic carbocycles. The number of halogens is 1. The van der Waals surface area contributed by atoms with E-state index in [0.29, 0.717) is 37.1 Å². The molecule has 0 atom stereocenters. The number of piperidine rings is 1. The van der Waals surface area contributed by atoms with E-state index in [9.17, 15) is 14.0 Å². The second kappa shape index (κ2) is 10.1. The first kappa shape index (κ1) is 22.7. The predicted molar refractivity (Wildman–Crippen MR) is 132 cm³/mol. The Morgan fingerprint density at radius 2 is 1.74 bits per heavy atom. The van der Waals surface area contributed by atoms with Crippen LogP contribution in [0.25, 0.3) is 0 Å². The second-order valence-electron chi connectivity index (χ2n) is 9.27. The van der Waals surface area contributed by atoms with Crippen LogP contribution in [0.2, 0.25) is 0 Å². The SMILES string of the molecule is O=c1c(NCCN2CCC(COCc3ccc(F)cc3)CC2)c(N2CCc3ccccc32)c1=O. The molecule has 178 valence electrons. The number of anilines is 3. The highest BCUT2D eigenvalue weighted by Gasteiger charge is 2.30. The molecule has 0 aromatic heterocycles. The Kier molecular flexibility index (Phi) is 6.74. The molecule has 0 bridgehead atoms. The maximum atomic E-state index is 13.0. The van der Waals surface area contributed by atoms with Crippen molar-refractivity contribution in [1.29, 1.82) is 0 Å². The highest BCUT2D eigenvalue weighted by molar-refractivity contribution is 5.82. The minimum atomic E-state index is -0.406. The third-order valence-corrected chi connectivity index (χ3v) is 7.01. The molecule has 5 rings (SSSR count). The molecule has 34 heavy (non-hydrogen) atoms. The van der Waals surface area contributed by atoms with Crippen LogP contribution in [-0.2, 0) is 17.8 Å². The summed E-state index contributed by atoms with van der Waals surface area (Å²) in [4.78, 5) is 28.9. The van der Waals surface area contributed by atoms with Gasteiger partial charge in [0.05, 0.1) is 6.61 Å². The van der Waals surface area contributed by atoms with E-state index in [2.05, 4.69) is 16.3 Å². The Labute approximate surface area is 198 Å². The van der Waals surface area contributed by atoms with Gasteiger partial charge in [-0.15, -0.1) is 0 Å². The number of hydrogen-bond donors (Lipinski definition) is 1. The van der Waals surface area contributed by atoms with Gasteiger partial charge in [0.2, 0.25) is 0 Å². The fourth-order valence-electron chi connectivity index (χ4n) is 5.01. The number of fused-ring (bicyclic) bond motifs is 1. The maximum absolute atomic E-state index is 13.0. The molecule has 1 saturated heterocycles. The molecule has 0 amide bonds. The van der Waals surface area contributed by atoms with Crippen LogP contribution >= 0.6 is 0 Å². The van der Waals surface area contributed by atoms with Gasteiger partial charge in [0.25, 0.3) is 10.9 Å². The number of rotatable bonds is 9. The molecule has 1 fully saturated rings. The average molecular weight is 464 g/mol. The van der Waals surface area contributed by atoms with Gasteiger partial charge in [-0.25, -0.2) is 4.39 Å². The molecule has 3 aromatic rings. The van der Waals surface area contributed by atoms with E-state index in [1.807, 2.05) is 23.1 Å². The van der Waals surface area contributed by atoms with Crippen molar-refractivity contribution in [3.8, 4) is 0 Å². The smallest absolute Gasteiger partial charge is 0.253 e. The van der Waals surface area contributed by atoms with Gasteiger partial charge >= 0.3 is 0 Å². The molecule has 0 saturated carbocycles. The summed E-state index contributed by atoms with van der Waals surface area (Å²) in [5.74, 6) is 0.299. The lowest BCUT2D eigenvalue weighted by Gasteiger charge is -2.32. The van der Waals surface area contributed by atoms with Crippen molar-refractivity contribution < 1.29 is 9.13 Å². The first-order valence-corrected chi connectivity index (χ1v) is 12.1. The van der Waals surface area contributed by atoms with Crippen LogP contribution in [0.15, 0.2) is 58.1 Å². The van der Waals surface area contributed by atoms with Gasteiger partial charge in [-0.2, -0.15) is 0 Å². The Balaban J connectivity index is 1.06. The van der Waals surface area contributed by atoms with Crippen molar-refractivity contribution in [3.63, 3.8) is 0 Å². The fourth-order valence-corrected chi connectivity index (χ4v) is 5.01. The highest BCUT2D eigenvalue weighted by Crippen LogP contribution is 2.35. The zero-order valence-electron chi connectivity index (χ0n) is 19.3. The van der Waals surface area contributed by atoms with E-state index in [0.717, 1.165) is 56.7 Å². The summed E-state index contributed by atoms with van der Waals surface area (Å²) in [5.41, 5.74) is 3.42. The normalized spacial score (nSPS) is 16.8. The molecule has 2 aliphatic heterocycles. The van der Waals surface area contributed by atoms with Gasteiger partial charge in [-0.05, 0) is 67.6 Å². The fraction of sp³-hybridized carbons (Fsp3) is 0.407. The highest BCUT2D eigenvalue weighted by atomic mass is 19.1. The van der Waals surface area contributed by atoms with Gasteiger partial charge in [0, 0.05) is 31.9 Å². The van der Waals surface area contributed by atoms with Crippen molar-refractivity contribution in [2.75, 3.05) is 49.5 Å². The van der Waals surface area contributed by atoms with Crippen LogP contribution in [0.5, 0.6) is 0 Å². The summed E-state index contributed by atoms with van der Waals surface area (Å²) in [5, 5.41) is 3.25. The van der Waals surface area contributed by atoms with Crippen molar-refractivity contribution in [2.45, 2.75) is 25.9 Å². The first-order chi connectivity index (χ1) is 16.6. The summed E-state index contributed by atoms with van der Waals surface area (Å²) >= 11 is 0. The summed E-state index contributed by atoms with van der Waals surface area (Å²) in [6.45, 7) is 5.41. The zero-order valence-corrected chi connectivity index (χ0v) is 19.3. The predicted octanol–water partition coefficient (Wildman–Crippen LogP) is 3.46. The molecule has 7 heteroatoms. The zero-order chi connectivity index (χ0) is 23.5. The van der Waals surface area contributed by atoms with Gasteiger partial charge in [-0.1, -0.05) is 30.3 Å². The minimum Gasteiger partial charge on any atom is -0.379 e. The Bertz CT molecular complexity index is 1190. The minimum absolute atomic E-state index is 0.229. The number of nitrogens with zero attached hydrogens (tertiary/aromatic N) is 2. The van der Waals surface area contributed by atoms with E-state index in [4.69, 9.17) is 4.74 Å². The third kappa shape index (κ3) is 4.76. The third-order valence-electron chi connectivity index (χ3n) is 7.01. The van der Waals surface area contributed by atoms with Gasteiger partial charge in [0.15, 0.2) is 0 Å². The molecule has 0 aliphatic carbocycles. The van der Waals surface area contributed by atoms with Crippen LogP contribution in [0.4, 0.5) is 21.5 Å². The first-order valence-electron chi connectivity index (χ1n) is 12.1. The number of likely N-dealkylation sites (tertiary alicyclic amines) is 1. The van der Waals surface area contributed by atoms with Gasteiger partial charge < -0.3 is 19.9 Å². The molecule has 0 radical (unpaired) electrons. The monoisotopic (exact) mass is 463 g/mol. The van der Waals surface area contributed by atoms with Gasteiger partial charge in [0.1, 0.15) is 17.2 Å². The molecule has 1 N–H and O–H groups in total. The van der Waals surface area contributed by atoms with Crippen molar-refractivity contribution in [2.24, 2.45) is 5.92 Å². The summed E-state index contributed by atoms with van der Waals surface area (Å²) in [6.07, 6.45) is 3.02. The lowest BCUT2D eigenvalue weighted by atomic mass is 9.98. The maximum Gasteiger partial charge on any atom is 0.253 e. The topological polar surface area (TPSA) is 61.9 Å². The molecule has 0 spiro atoms. The van der Waals surface area contributed by atoms with E-state index in [-0.39, 0.29) is 11.2 Å².